The number of carbonyl (C=O) groups excluding carboxylic acids is 2. The second-order valence-corrected chi connectivity index (χ2v) is 2.29. The molecule has 5 heteroatoms. The summed E-state index contributed by atoms with van der Waals surface area (Å²) in [5.74, 6) is -0.682. The third-order valence-corrected chi connectivity index (χ3v) is 1.54. The van der Waals surface area contributed by atoms with E-state index < -0.39 is 11.9 Å². The topological polar surface area (TPSA) is 84.5 Å². The summed E-state index contributed by atoms with van der Waals surface area (Å²) >= 11 is 0. The minimum Gasteiger partial charge on any atom is -0.386 e. The fourth-order valence-electron chi connectivity index (χ4n) is 0.944. The van der Waals surface area contributed by atoms with Gasteiger partial charge in [-0.05, 0) is 6.42 Å². The molecule has 1 aliphatic heterocycles. The lowest BCUT2D eigenvalue weighted by Crippen LogP contribution is -2.45. The molecule has 0 aromatic rings. The number of nitrogens with two attached hydrogens (primary N) is 1. The monoisotopic (exact) mass is 155 g/mol. The molecule has 0 aromatic carbocycles. The van der Waals surface area contributed by atoms with E-state index in [1.807, 2.05) is 6.92 Å². The first-order chi connectivity index (χ1) is 5.15. The van der Waals surface area contributed by atoms with Crippen LogP contribution in [-0.4, -0.2) is 17.8 Å². The van der Waals surface area contributed by atoms with Crippen LogP contribution in [0.25, 0.3) is 0 Å². The van der Waals surface area contributed by atoms with Crippen LogP contribution in [0.5, 0.6) is 0 Å². The number of urea groups is 1. The quantitative estimate of drug-likeness (QED) is 0.541. The van der Waals surface area contributed by atoms with Crippen molar-refractivity contribution in [2.24, 2.45) is 16.6 Å². The molecule has 3 amide bonds. The fourth-order valence-corrected chi connectivity index (χ4v) is 0.944. The number of carbonyl (C=O) groups is 2. The van der Waals surface area contributed by atoms with Crippen molar-refractivity contribution in [2.45, 2.75) is 13.3 Å². The zero-order chi connectivity index (χ0) is 8.43. The van der Waals surface area contributed by atoms with Crippen molar-refractivity contribution in [3.05, 3.63) is 0 Å². The Morgan fingerprint density at radius 1 is 1.64 bits per heavy atom. The minimum atomic E-state index is -0.669. The van der Waals surface area contributed by atoms with Crippen molar-refractivity contribution in [2.75, 3.05) is 0 Å². The van der Waals surface area contributed by atoms with Crippen molar-refractivity contribution in [3.63, 3.8) is 0 Å². The Morgan fingerprint density at radius 2 is 2.27 bits per heavy atom. The molecule has 1 unspecified atom stereocenters. The lowest BCUT2D eigenvalue weighted by Gasteiger charge is -2.16. The molecule has 0 saturated carbocycles. The molecule has 1 rings (SSSR count). The van der Waals surface area contributed by atoms with E-state index in [0.717, 1.165) is 0 Å². The van der Waals surface area contributed by atoms with Crippen LogP contribution in [0.2, 0.25) is 0 Å². The number of aliphatic imine (C=N–C) groups is 1. The first kappa shape index (κ1) is 7.71. The van der Waals surface area contributed by atoms with Gasteiger partial charge in [-0.25, -0.2) is 4.79 Å². The molecule has 0 fully saturated rings. The van der Waals surface area contributed by atoms with E-state index in [9.17, 15) is 9.59 Å². The summed E-state index contributed by atoms with van der Waals surface area (Å²) in [6.45, 7) is 1.81. The van der Waals surface area contributed by atoms with E-state index in [-0.39, 0.29) is 11.7 Å². The van der Waals surface area contributed by atoms with E-state index in [1.54, 1.807) is 0 Å². The standard InChI is InChI=1S/C6H9N3O2/c1-2-3-4(7)8-6(11)9-5(3)10/h3H,2H2,1H3,(H3,7,8,9,10,11). The summed E-state index contributed by atoms with van der Waals surface area (Å²) in [7, 11) is 0. The summed E-state index contributed by atoms with van der Waals surface area (Å²) < 4.78 is 0. The molecular formula is C6H9N3O2. The Bertz CT molecular complexity index is 234. The molecule has 1 atom stereocenters. The Morgan fingerprint density at radius 3 is 2.73 bits per heavy atom. The van der Waals surface area contributed by atoms with E-state index in [4.69, 9.17) is 5.73 Å². The van der Waals surface area contributed by atoms with Gasteiger partial charge in [-0.3, -0.25) is 10.1 Å². The summed E-state index contributed by atoms with van der Waals surface area (Å²) in [6.07, 6.45) is 0.564. The number of nitrogens with zero attached hydrogens (tertiary/aromatic N) is 1. The summed E-state index contributed by atoms with van der Waals surface area (Å²) in [6, 6.07) is -0.669. The Kier molecular flexibility index (Phi) is 1.89. The van der Waals surface area contributed by atoms with Crippen LogP contribution in [0, 0.1) is 5.92 Å². The van der Waals surface area contributed by atoms with E-state index in [0.29, 0.717) is 6.42 Å². The highest BCUT2D eigenvalue weighted by Gasteiger charge is 2.26. The maximum Gasteiger partial charge on any atom is 0.349 e. The third-order valence-electron chi connectivity index (χ3n) is 1.54. The molecular weight excluding hydrogens is 146 g/mol. The highest BCUT2D eigenvalue weighted by atomic mass is 16.2. The lowest BCUT2D eigenvalue weighted by atomic mass is 10.0. The summed E-state index contributed by atoms with van der Waals surface area (Å²) in [5, 5.41) is 2.07. The normalized spacial score (nSPS) is 24.5. The number of hydrogen-bond acceptors (Lipinski definition) is 3. The molecule has 0 saturated heterocycles. The minimum absolute atomic E-state index is 0.112. The number of hydrogen-bond donors (Lipinski definition) is 2. The van der Waals surface area contributed by atoms with Gasteiger partial charge in [0.1, 0.15) is 5.84 Å². The largest absolute Gasteiger partial charge is 0.386 e. The van der Waals surface area contributed by atoms with Crippen LogP contribution in [0.4, 0.5) is 4.79 Å². The molecule has 1 aliphatic rings. The molecule has 3 N–H and O–H groups in total. The van der Waals surface area contributed by atoms with Gasteiger partial charge in [0.15, 0.2) is 0 Å². The third kappa shape index (κ3) is 1.36. The summed E-state index contributed by atoms with van der Waals surface area (Å²) in [4.78, 5) is 24.9. The molecule has 0 bridgehead atoms. The van der Waals surface area contributed by atoms with Crippen molar-refractivity contribution in [1.82, 2.24) is 5.32 Å². The number of imide groups is 1. The highest BCUT2D eigenvalue weighted by molar-refractivity contribution is 6.15. The number of amidine groups is 1. The van der Waals surface area contributed by atoms with Crippen LogP contribution in [-0.2, 0) is 4.79 Å². The first-order valence-corrected chi connectivity index (χ1v) is 3.34. The number of nitrogens with one attached hydrogen (secondary N) is 1. The van der Waals surface area contributed by atoms with Crippen LogP contribution in [0.3, 0.4) is 0 Å². The van der Waals surface area contributed by atoms with Gasteiger partial charge in [-0.1, -0.05) is 6.92 Å². The van der Waals surface area contributed by atoms with Gasteiger partial charge >= 0.3 is 6.03 Å². The molecule has 0 aliphatic carbocycles. The van der Waals surface area contributed by atoms with E-state index in [2.05, 4.69) is 10.3 Å². The molecule has 5 nitrogen and oxygen atoms in total. The average molecular weight is 155 g/mol. The Balaban J connectivity index is 2.88. The SMILES string of the molecule is CCC1C(=O)NC(=O)N=C1N. The van der Waals surface area contributed by atoms with Gasteiger partial charge in [0.25, 0.3) is 0 Å². The fraction of sp³-hybridized carbons (Fsp3) is 0.500. The predicted molar refractivity (Wildman–Crippen MR) is 38.9 cm³/mol. The van der Waals surface area contributed by atoms with E-state index in [1.165, 1.54) is 0 Å². The molecule has 0 spiro atoms. The molecule has 1 heterocycles. The zero-order valence-electron chi connectivity index (χ0n) is 6.13. The lowest BCUT2D eigenvalue weighted by molar-refractivity contribution is -0.122. The second-order valence-electron chi connectivity index (χ2n) is 2.29. The first-order valence-electron chi connectivity index (χ1n) is 3.34. The van der Waals surface area contributed by atoms with Crippen molar-refractivity contribution in [3.8, 4) is 0 Å². The number of amides is 3. The smallest absolute Gasteiger partial charge is 0.349 e. The Labute approximate surface area is 63.7 Å². The van der Waals surface area contributed by atoms with Gasteiger partial charge < -0.3 is 5.73 Å². The maximum absolute atomic E-state index is 11.0. The van der Waals surface area contributed by atoms with Crippen molar-refractivity contribution in [1.29, 1.82) is 0 Å². The highest BCUT2D eigenvalue weighted by Crippen LogP contribution is 2.06. The van der Waals surface area contributed by atoms with Crippen LogP contribution < -0.4 is 11.1 Å². The van der Waals surface area contributed by atoms with Gasteiger partial charge in [0.2, 0.25) is 5.91 Å². The zero-order valence-corrected chi connectivity index (χ0v) is 6.13. The van der Waals surface area contributed by atoms with Gasteiger partial charge in [-0.15, -0.1) is 0 Å². The second kappa shape index (κ2) is 2.69. The van der Waals surface area contributed by atoms with Crippen LogP contribution in [0.1, 0.15) is 13.3 Å². The van der Waals surface area contributed by atoms with Crippen molar-refractivity contribution >= 4 is 17.8 Å². The van der Waals surface area contributed by atoms with E-state index >= 15 is 0 Å². The molecule has 0 aromatic heterocycles. The predicted octanol–water partition coefficient (Wildman–Crippen LogP) is -0.380. The maximum atomic E-state index is 11.0. The van der Waals surface area contributed by atoms with Crippen LogP contribution in [0.15, 0.2) is 4.99 Å². The summed E-state index contributed by atoms with van der Waals surface area (Å²) in [5.41, 5.74) is 5.34. The average Bonchev–Trinajstić information content (AvgIpc) is 1.85. The molecule has 60 valence electrons. The van der Waals surface area contributed by atoms with Crippen molar-refractivity contribution < 1.29 is 9.59 Å². The molecule has 0 radical (unpaired) electrons. The van der Waals surface area contributed by atoms with Gasteiger partial charge in [-0.2, -0.15) is 4.99 Å². The van der Waals surface area contributed by atoms with Gasteiger partial charge in [0, 0.05) is 0 Å². The number of rotatable bonds is 1. The van der Waals surface area contributed by atoms with Gasteiger partial charge in [0.05, 0.1) is 5.92 Å². The Hall–Kier alpha value is -1.39. The molecule has 11 heavy (non-hydrogen) atoms. The van der Waals surface area contributed by atoms with Crippen LogP contribution >= 0.6 is 0 Å².